The quantitative estimate of drug-likeness (QED) is 0.820. The summed E-state index contributed by atoms with van der Waals surface area (Å²) in [5.41, 5.74) is 1.71. The van der Waals surface area contributed by atoms with Crippen molar-refractivity contribution < 1.29 is 14.6 Å². The molecule has 1 heterocycles. The minimum atomic E-state index is 0.0275. The predicted octanol–water partition coefficient (Wildman–Crippen LogP) is 2.44. The van der Waals surface area contributed by atoms with Crippen LogP contribution in [0.5, 0.6) is 0 Å². The van der Waals surface area contributed by atoms with Gasteiger partial charge in [0.1, 0.15) is 0 Å². The van der Waals surface area contributed by atoms with Crippen molar-refractivity contribution in [1.29, 1.82) is 0 Å². The Labute approximate surface area is 155 Å². The van der Waals surface area contributed by atoms with Crippen LogP contribution in [0.3, 0.4) is 0 Å². The number of likely N-dealkylation sites (N-methyl/N-ethyl adjacent to an activating group) is 1. The van der Waals surface area contributed by atoms with Gasteiger partial charge in [-0.1, -0.05) is 25.7 Å². The Kier molecular flexibility index (Phi) is 5.18. The van der Waals surface area contributed by atoms with E-state index in [4.69, 9.17) is 9.84 Å². The fourth-order valence-electron chi connectivity index (χ4n) is 5.24. The Morgan fingerprint density at radius 1 is 1.23 bits per heavy atom. The second-order valence-corrected chi connectivity index (χ2v) is 8.10. The fraction of sp³-hybridized carbons (Fsp3) is 0.667. The van der Waals surface area contributed by atoms with E-state index in [9.17, 15) is 4.79 Å². The highest BCUT2D eigenvalue weighted by Gasteiger charge is 2.57. The SMILES string of the molecule is CN(CCO)c1ccc(C(=O)N[C@H]2[C@@H]3CCO[C@@H]3[C@@H]2C2CCCC2)cc1. The van der Waals surface area contributed by atoms with Crippen molar-refractivity contribution in [2.24, 2.45) is 17.8 Å². The van der Waals surface area contributed by atoms with Crippen molar-refractivity contribution in [3.05, 3.63) is 29.8 Å². The van der Waals surface area contributed by atoms with Crippen molar-refractivity contribution in [1.82, 2.24) is 5.32 Å². The third-order valence-corrected chi connectivity index (χ3v) is 6.69. The summed E-state index contributed by atoms with van der Waals surface area (Å²) in [5, 5.41) is 12.4. The highest BCUT2D eigenvalue weighted by Crippen LogP contribution is 2.51. The number of nitrogens with zero attached hydrogens (tertiary/aromatic N) is 1. The van der Waals surface area contributed by atoms with Crippen LogP contribution in [-0.4, -0.2) is 50.0 Å². The van der Waals surface area contributed by atoms with Gasteiger partial charge < -0.3 is 20.1 Å². The lowest BCUT2D eigenvalue weighted by atomic mass is 9.61. The van der Waals surface area contributed by atoms with Gasteiger partial charge >= 0.3 is 0 Å². The zero-order valence-electron chi connectivity index (χ0n) is 15.6. The smallest absolute Gasteiger partial charge is 0.251 e. The van der Waals surface area contributed by atoms with Crippen LogP contribution in [0.1, 0.15) is 42.5 Å². The molecule has 4 rings (SSSR count). The highest BCUT2D eigenvalue weighted by molar-refractivity contribution is 5.94. The number of aliphatic hydroxyl groups excluding tert-OH is 1. The Morgan fingerprint density at radius 3 is 2.65 bits per heavy atom. The van der Waals surface area contributed by atoms with Gasteiger partial charge in [0.15, 0.2) is 0 Å². The molecule has 2 saturated carbocycles. The Balaban J connectivity index is 1.42. The molecule has 1 aliphatic heterocycles. The molecule has 1 aromatic rings. The maximum absolute atomic E-state index is 12.8. The molecule has 0 spiro atoms. The van der Waals surface area contributed by atoms with E-state index in [2.05, 4.69) is 5.32 Å². The zero-order chi connectivity index (χ0) is 18.1. The van der Waals surface area contributed by atoms with Gasteiger partial charge in [-0.05, 0) is 36.6 Å². The highest BCUT2D eigenvalue weighted by atomic mass is 16.5. The van der Waals surface area contributed by atoms with Crippen LogP contribution < -0.4 is 10.2 Å². The van der Waals surface area contributed by atoms with Crippen molar-refractivity contribution in [3.8, 4) is 0 Å². The summed E-state index contributed by atoms with van der Waals surface area (Å²) in [5.74, 6) is 1.75. The van der Waals surface area contributed by atoms with Gasteiger partial charge in [-0.3, -0.25) is 4.79 Å². The minimum absolute atomic E-state index is 0.0275. The number of anilines is 1. The summed E-state index contributed by atoms with van der Waals surface area (Å²) >= 11 is 0. The van der Waals surface area contributed by atoms with Crippen molar-refractivity contribution in [2.75, 3.05) is 31.7 Å². The molecule has 26 heavy (non-hydrogen) atoms. The molecular weight excluding hydrogens is 328 g/mol. The van der Waals surface area contributed by atoms with Crippen LogP contribution in [0.25, 0.3) is 0 Å². The summed E-state index contributed by atoms with van der Waals surface area (Å²) in [4.78, 5) is 14.8. The number of hydrogen-bond donors (Lipinski definition) is 2. The molecule has 3 aliphatic rings. The molecule has 1 aromatic carbocycles. The van der Waals surface area contributed by atoms with Gasteiger partial charge in [0, 0.05) is 49.3 Å². The van der Waals surface area contributed by atoms with E-state index in [1.807, 2.05) is 36.2 Å². The van der Waals surface area contributed by atoms with E-state index in [0.717, 1.165) is 18.7 Å². The number of benzene rings is 1. The molecule has 1 amide bonds. The minimum Gasteiger partial charge on any atom is -0.395 e. The average molecular weight is 358 g/mol. The Bertz CT molecular complexity index is 622. The van der Waals surface area contributed by atoms with E-state index in [-0.39, 0.29) is 18.6 Å². The molecule has 0 aromatic heterocycles. The molecule has 2 N–H and O–H groups in total. The number of hydrogen-bond acceptors (Lipinski definition) is 4. The maximum atomic E-state index is 12.8. The van der Waals surface area contributed by atoms with Crippen molar-refractivity contribution >= 4 is 11.6 Å². The van der Waals surface area contributed by atoms with Gasteiger partial charge in [0.2, 0.25) is 0 Å². The van der Waals surface area contributed by atoms with Crippen LogP contribution in [0, 0.1) is 17.8 Å². The summed E-state index contributed by atoms with van der Waals surface area (Å²) in [6.45, 7) is 1.55. The summed E-state index contributed by atoms with van der Waals surface area (Å²) in [6, 6.07) is 7.92. The number of rotatable bonds is 6. The lowest BCUT2D eigenvalue weighted by molar-refractivity contribution is -0.0784. The van der Waals surface area contributed by atoms with E-state index in [1.165, 1.54) is 25.7 Å². The third-order valence-electron chi connectivity index (χ3n) is 6.69. The monoisotopic (exact) mass is 358 g/mol. The van der Waals surface area contributed by atoms with Crippen molar-refractivity contribution in [3.63, 3.8) is 0 Å². The number of nitrogens with one attached hydrogen (secondary N) is 1. The molecule has 0 bridgehead atoms. The summed E-state index contributed by atoms with van der Waals surface area (Å²) in [7, 11) is 1.94. The lowest BCUT2D eigenvalue weighted by Gasteiger charge is -2.50. The third kappa shape index (κ3) is 3.23. The van der Waals surface area contributed by atoms with Crippen LogP contribution >= 0.6 is 0 Å². The molecule has 4 atom stereocenters. The van der Waals surface area contributed by atoms with Gasteiger partial charge in [-0.2, -0.15) is 0 Å². The first kappa shape index (κ1) is 17.8. The van der Waals surface area contributed by atoms with E-state index < -0.39 is 0 Å². The average Bonchev–Trinajstić information content (AvgIpc) is 3.31. The van der Waals surface area contributed by atoms with E-state index >= 15 is 0 Å². The maximum Gasteiger partial charge on any atom is 0.251 e. The second kappa shape index (κ2) is 7.57. The zero-order valence-corrected chi connectivity index (χ0v) is 15.6. The number of fused-ring (bicyclic) bond motifs is 1. The number of aliphatic hydroxyl groups is 1. The molecular formula is C21H30N2O3. The van der Waals surface area contributed by atoms with E-state index in [0.29, 0.717) is 36.0 Å². The summed E-state index contributed by atoms with van der Waals surface area (Å²) < 4.78 is 5.98. The molecule has 3 fully saturated rings. The molecule has 0 radical (unpaired) electrons. The normalized spacial score (nSPS) is 30.7. The van der Waals surface area contributed by atoms with Crippen LogP contribution in [0.15, 0.2) is 24.3 Å². The molecule has 1 saturated heterocycles. The molecule has 142 valence electrons. The lowest BCUT2D eigenvalue weighted by Crippen LogP contribution is -2.63. The Hall–Kier alpha value is -1.59. The van der Waals surface area contributed by atoms with Gasteiger partial charge in [-0.25, -0.2) is 0 Å². The fourth-order valence-corrected chi connectivity index (χ4v) is 5.24. The van der Waals surface area contributed by atoms with Gasteiger partial charge in [0.25, 0.3) is 5.91 Å². The van der Waals surface area contributed by atoms with Crippen LogP contribution in [-0.2, 0) is 4.74 Å². The van der Waals surface area contributed by atoms with Crippen LogP contribution in [0.4, 0.5) is 5.69 Å². The summed E-state index contributed by atoms with van der Waals surface area (Å²) in [6.07, 6.45) is 6.66. The number of amides is 1. The van der Waals surface area contributed by atoms with E-state index in [1.54, 1.807) is 0 Å². The number of carbonyl (C=O) groups is 1. The van der Waals surface area contributed by atoms with Gasteiger partial charge in [0.05, 0.1) is 12.7 Å². The molecule has 5 heteroatoms. The first-order valence-corrected chi connectivity index (χ1v) is 10.0. The molecule has 2 aliphatic carbocycles. The molecule has 0 unspecified atom stereocenters. The predicted molar refractivity (Wildman–Crippen MR) is 101 cm³/mol. The number of ether oxygens (including phenoxy) is 1. The Morgan fingerprint density at radius 2 is 1.96 bits per heavy atom. The number of carbonyl (C=O) groups excluding carboxylic acids is 1. The first-order valence-electron chi connectivity index (χ1n) is 10.0. The second-order valence-electron chi connectivity index (χ2n) is 8.10. The molecule has 5 nitrogen and oxygen atoms in total. The van der Waals surface area contributed by atoms with Crippen molar-refractivity contribution in [2.45, 2.75) is 44.2 Å². The largest absolute Gasteiger partial charge is 0.395 e. The first-order chi connectivity index (χ1) is 12.7. The van der Waals surface area contributed by atoms with Crippen LogP contribution in [0.2, 0.25) is 0 Å². The van der Waals surface area contributed by atoms with Gasteiger partial charge in [-0.15, -0.1) is 0 Å². The topological polar surface area (TPSA) is 61.8 Å². The standard InChI is InChI=1S/C21H30N2O3/c1-23(11-12-24)16-8-6-15(7-9-16)21(25)22-19-17-10-13-26-20(17)18(19)14-4-2-3-5-14/h6-9,14,17-20,24H,2-5,10-13H2,1H3,(H,22,25)/t17-,18+,19-,20-/m0/s1.